The topological polar surface area (TPSA) is 146 Å². The Kier molecular flexibility index (Phi) is 11.5. The molecule has 1 spiro atoms. The molecule has 4 aliphatic heterocycles. The molecule has 0 radical (unpaired) electrons. The van der Waals surface area contributed by atoms with E-state index in [0.29, 0.717) is 53.5 Å². The van der Waals surface area contributed by atoms with Crippen molar-refractivity contribution in [2.24, 2.45) is 5.41 Å². The second-order valence-electron chi connectivity index (χ2n) is 17.0. The van der Waals surface area contributed by atoms with Crippen LogP contribution >= 0.6 is 0 Å². The van der Waals surface area contributed by atoms with Gasteiger partial charge in [0.05, 0.1) is 42.6 Å². The van der Waals surface area contributed by atoms with Crippen molar-refractivity contribution in [2.45, 2.75) is 76.3 Å². The van der Waals surface area contributed by atoms with Crippen LogP contribution in [-0.4, -0.2) is 113 Å². The Bertz CT molecular complexity index is 2200. The zero-order valence-electron chi connectivity index (χ0n) is 34.3. The number of carbonyl (C=O) groups is 4. The number of benzene rings is 3. The second kappa shape index (κ2) is 16.6. The number of anilines is 2. The summed E-state index contributed by atoms with van der Waals surface area (Å²) >= 11 is 0. The maximum absolute atomic E-state index is 14.0. The summed E-state index contributed by atoms with van der Waals surface area (Å²) < 4.78 is 36.5. The van der Waals surface area contributed by atoms with E-state index in [1.54, 1.807) is 30.3 Å². The molecule has 3 saturated heterocycles. The summed E-state index contributed by atoms with van der Waals surface area (Å²) in [5.41, 5.74) is 4.48. The molecule has 8 rings (SSSR count). The fraction of sp³-hybridized carbons (Fsp3) is 0.511. The van der Waals surface area contributed by atoms with Gasteiger partial charge in [-0.15, -0.1) is 0 Å². The number of rotatable bonds is 11. The number of piperidine rings is 2. The van der Waals surface area contributed by atoms with Crippen molar-refractivity contribution in [1.29, 1.82) is 0 Å². The molecule has 4 heterocycles. The van der Waals surface area contributed by atoms with Gasteiger partial charge in [0.25, 0.3) is 11.8 Å². The van der Waals surface area contributed by atoms with Gasteiger partial charge in [0.2, 0.25) is 11.8 Å². The molecular weight excluding hydrogens is 771 g/mol. The summed E-state index contributed by atoms with van der Waals surface area (Å²) in [7, 11) is -2.09. The van der Waals surface area contributed by atoms with Crippen molar-refractivity contribution >= 4 is 44.8 Å². The molecule has 4 fully saturated rings. The number of nitrogens with zero attached hydrogens (tertiary/aromatic N) is 4. The summed E-state index contributed by atoms with van der Waals surface area (Å²) in [6.07, 6.45) is 9.29. The Morgan fingerprint density at radius 1 is 0.763 bits per heavy atom. The van der Waals surface area contributed by atoms with Crippen molar-refractivity contribution in [3.05, 3.63) is 82.9 Å². The van der Waals surface area contributed by atoms with Crippen molar-refractivity contribution < 1.29 is 37.1 Å². The molecule has 3 aromatic carbocycles. The lowest BCUT2D eigenvalue weighted by Crippen LogP contribution is -2.52. The van der Waals surface area contributed by atoms with Gasteiger partial charge in [-0.1, -0.05) is 18.2 Å². The fourth-order valence-electron chi connectivity index (χ4n) is 10.1. The van der Waals surface area contributed by atoms with Crippen LogP contribution in [0.15, 0.2) is 60.7 Å². The third-order valence-electron chi connectivity index (χ3n) is 13.5. The highest BCUT2D eigenvalue weighted by atomic mass is 32.2. The minimum Gasteiger partial charge on any atom is -0.493 e. The van der Waals surface area contributed by atoms with Gasteiger partial charge in [0, 0.05) is 69.4 Å². The molecule has 5 aliphatic rings. The third kappa shape index (κ3) is 8.43. The summed E-state index contributed by atoms with van der Waals surface area (Å²) in [5, 5.41) is 2.47. The highest BCUT2D eigenvalue weighted by Gasteiger charge is 2.43. The molecular formula is C45H55N5O8S. The maximum Gasteiger partial charge on any atom is 0.262 e. The largest absolute Gasteiger partial charge is 0.493 e. The van der Waals surface area contributed by atoms with Crippen molar-refractivity contribution in [2.75, 3.05) is 74.8 Å². The lowest BCUT2D eigenvalue weighted by atomic mass is 9.66. The minimum atomic E-state index is -3.60. The van der Waals surface area contributed by atoms with Gasteiger partial charge in [-0.2, -0.15) is 0 Å². The van der Waals surface area contributed by atoms with E-state index < -0.39 is 33.4 Å². The molecule has 314 valence electrons. The van der Waals surface area contributed by atoms with Crippen LogP contribution in [0.1, 0.15) is 102 Å². The molecule has 1 N–H and O–H groups in total. The number of nitrogens with one attached hydrogen (secondary N) is 1. The Balaban J connectivity index is 0.853. The van der Waals surface area contributed by atoms with Crippen LogP contribution in [0.2, 0.25) is 0 Å². The molecule has 14 heteroatoms. The van der Waals surface area contributed by atoms with Gasteiger partial charge in [-0.05, 0) is 111 Å². The standard InChI is InChI=1S/C45H55N5O8S/c1-4-58-40-27-31(7-13-39(40)57-2)38(29-59(3,55)56)50-43(53)36-11-10-34(28-37(36)44(50)54)49-25-23-48(24-26-49)33-15-17-45(18-16-33)19-21-47(22-20-45)32-8-5-30(6-9-32)35-12-14-41(51)46-42(35)52/h5-11,13,27-28,33,35,38H,4,12,14-26,29H2,1-3H3,(H,46,51,52)/t35?,38-/m1/s1. The van der Waals surface area contributed by atoms with E-state index in [0.717, 1.165) is 61.7 Å². The fourth-order valence-corrected chi connectivity index (χ4v) is 11.0. The lowest BCUT2D eigenvalue weighted by Gasteiger charge is -2.49. The smallest absolute Gasteiger partial charge is 0.262 e. The average molecular weight is 826 g/mol. The SMILES string of the molecule is CCOc1cc([C@@H](CS(C)(=O)=O)N2C(=O)c3ccc(N4CCN(C5CCC6(CC5)CCN(c5ccc(C7CCC(=O)NC7=O)cc5)CC6)CC4)cc3C2=O)ccc1OC. The summed E-state index contributed by atoms with van der Waals surface area (Å²) in [6.45, 7) is 7.72. The van der Waals surface area contributed by atoms with Gasteiger partial charge < -0.3 is 19.3 Å². The number of ether oxygens (including phenoxy) is 2. The van der Waals surface area contributed by atoms with E-state index in [1.807, 2.05) is 25.1 Å². The van der Waals surface area contributed by atoms with E-state index in [9.17, 15) is 27.6 Å². The Morgan fingerprint density at radius 2 is 1.42 bits per heavy atom. The summed E-state index contributed by atoms with van der Waals surface area (Å²) in [6, 6.07) is 18.3. The molecule has 2 atom stereocenters. The molecule has 4 amide bonds. The van der Waals surface area contributed by atoms with Crippen LogP contribution in [0.4, 0.5) is 11.4 Å². The predicted molar refractivity (Wildman–Crippen MR) is 225 cm³/mol. The van der Waals surface area contributed by atoms with Crippen LogP contribution in [0.5, 0.6) is 11.5 Å². The molecule has 1 unspecified atom stereocenters. The maximum atomic E-state index is 14.0. The Morgan fingerprint density at radius 3 is 2.07 bits per heavy atom. The number of hydrogen-bond donors (Lipinski definition) is 1. The molecule has 1 saturated carbocycles. The van der Waals surface area contributed by atoms with Crippen LogP contribution in [-0.2, 0) is 19.4 Å². The van der Waals surface area contributed by atoms with Crippen molar-refractivity contribution in [3.8, 4) is 11.5 Å². The van der Waals surface area contributed by atoms with Crippen molar-refractivity contribution in [1.82, 2.24) is 15.1 Å². The number of imide groups is 2. The first-order valence-corrected chi connectivity index (χ1v) is 23.1. The predicted octanol–water partition coefficient (Wildman–Crippen LogP) is 5.35. The molecule has 3 aromatic rings. The summed E-state index contributed by atoms with van der Waals surface area (Å²) in [4.78, 5) is 60.3. The van der Waals surface area contributed by atoms with Crippen LogP contribution < -0.4 is 24.6 Å². The van der Waals surface area contributed by atoms with Gasteiger partial charge in [-0.25, -0.2) is 8.42 Å². The van der Waals surface area contributed by atoms with E-state index in [2.05, 4.69) is 32.1 Å². The average Bonchev–Trinajstić information content (AvgIpc) is 3.48. The van der Waals surface area contributed by atoms with E-state index in [-0.39, 0.29) is 23.3 Å². The molecule has 1 aliphatic carbocycles. The van der Waals surface area contributed by atoms with Crippen LogP contribution in [0, 0.1) is 5.41 Å². The normalized spacial score (nSPS) is 22.1. The second-order valence-corrected chi connectivity index (χ2v) is 19.2. The van der Waals surface area contributed by atoms with E-state index in [4.69, 9.17) is 9.47 Å². The lowest BCUT2D eigenvalue weighted by molar-refractivity contribution is -0.134. The third-order valence-corrected chi connectivity index (χ3v) is 14.4. The number of hydrogen-bond acceptors (Lipinski definition) is 11. The number of carbonyl (C=O) groups excluding carboxylic acids is 4. The number of fused-ring (bicyclic) bond motifs is 1. The Hall–Kier alpha value is -4.95. The van der Waals surface area contributed by atoms with Gasteiger partial charge in [0.1, 0.15) is 9.84 Å². The van der Waals surface area contributed by atoms with E-state index >= 15 is 0 Å². The number of piperazine rings is 1. The van der Waals surface area contributed by atoms with Crippen LogP contribution in [0.3, 0.4) is 0 Å². The van der Waals surface area contributed by atoms with Gasteiger partial charge in [0.15, 0.2) is 11.5 Å². The van der Waals surface area contributed by atoms with Crippen LogP contribution in [0.25, 0.3) is 0 Å². The highest BCUT2D eigenvalue weighted by molar-refractivity contribution is 7.90. The highest BCUT2D eigenvalue weighted by Crippen LogP contribution is 2.47. The Labute approximate surface area is 346 Å². The molecule has 0 bridgehead atoms. The number of methoxy groups -OCH3 is 1. The number of amides is 4. The monoisotopic (exact) mass is 825 g/mol. The first kappa shape index (κ1) is 40.8. The first-order valence-electron chi connectivity index (χ1n) is 21.0. The van der Waals surface area contributed by atoms with Gasteiger partial charge in [-0.3, -0.25) is 34.3 Å². The zero-order chi connectivity index (χ0) is 41.5. The summed E-state index contributed by atoms with van der Waals surface area (Å²) in [5.74, 6) is -1.19. The van der Waals surface area contributed by atoms with Gasteiger partial charge >= 0.3 is 0 Å². The quantitative estimate of drug-likeness (QED) is 0.250. The molecule has 59 heavy (non-hydrogen) atoms. The van der Waals surface area contributed by atoms with E-state index in [1.165, 1.54) is 51.3 Å². The van der Waals surface area contributed by atoms with Crippen molar-refractivity contribution in [3.63, 3.8) is 0 Å². The first-order chi connectivity index (χ1) is 28.3. The molecule has 0 aromatic heterocycles. The molecule has 13 nitrogen and oxygen atoms in total. The minimum absolute atomic E-state index is 0.188. The zero-order valence-corrected chi connectivity index (χ0v) is 35.1. The number of sulfone groups is 1.